The Hall–Kier alpha value is -1.78. The SMILES string of the molecule is C/C=C/NCCNC(=O)/C=C/C(=O)O. The first-order valence-corrected chi connectivity index (χ1v) is 4.20. The Balaban J connectivity index is 3.49. The topological polar surface area (TPSA) is 78.4 Å². The van der Waals surface area contributed by atoms with Crippen molar-refractivity contribution < 1.29 is 14.7 Å². The van der Waals surface area contributed by atoms with Gasteiger partial charge in [-0.1, -0.05) is 6.08 Å². The van der Waals surface area contributed by atoms with Crippen molar-refractivity contribution >= 4 is 11.9 Å². The largest absolute Gasteiger partial charge is 0.478 e. The second-order valence-corrected chi connectivity index (χ2v) is 2.42. The van der Waals surface area contributed by atoms with Crippen molar-refractivity contribution in [1.29, 1.82) is 0 Å². The zero-order valence-corrected chi connectivity index (χ0v) is 7.99. The van der Waals surface area contributed by atoms with Crippen molar-refractivity contribution in [3.05, 3.63) is 24.4 Å². The second kappa shape index (κ2) is 7.85. The fourth-order valence-corrected chi connectivity index (χ4v) is 0.665. The molecule has 0 spiro atoms. The number of hydrogen-bond donors (Lipinski definition) is 3. The molecule has 0 aromatic heterocycles. The quantitative estimate of drug-likeness (QED) is 0.410. The summed E-state index contributed by atoms with van der Waals surface area (Å²) < 4.78 is 0. The van der Waals surface area contributed by atoms with Crippen LogP contribution in [0.5, 0.6) is 0 Å². The van der Waals surface area contributed by atoms with E-state index in [1.54, 1.807) is 6.20 Å². The highest BCUT2D eigenvalue weighted by molar-refractivity contribution is 5.93. The number of hydrogen-bond acceptors (Lipinski definition) is 3. The Kier molecular flexibility index (Phi) is 6.85. The lowest BCUT2D eigenvalue weighted by Gasteiger charge is -2.01. The van der Waals surface area contributed by atoms with Gasteiger partial charge >= 0.3 is 5.97 Å². The van der Waals surface area contributed by atoms with Crippen LogP contribution in [0.3, 0.4) is 0 Å². The standard InChI is InChI=1S/C9H14N2O3/c1-2-5-10-6-7-11-8(12)3-4-9(13)14/h2-5,10H,6-7H2,1H3,(H,11,12)(H,13,14)/b4-3+,5-2+. The van der Waals surface area contributed by atoms with E-state index in [4.69, 9.17) is 5.11 Å². The third-order valence-corrected chi connectivity index (χ3v) is 1.23. The maximum Gasteiger partial charge on any atom is 0.328 e. The van der Waals surface area contributed by atoms with Gasteiger partial charge in [0.25, 0.3) is 0 Å². The smallest absolute Gasteiger partial charge is 0.328 e. The average Bonchev–Trinajstić information content (AvgIpc) is 2.14. The third-order valence-electron chi connectivity index (χ3n) is 1.23. The molecule has 0 aromatic rings. The molecule has 0 aromatic carbocycles. The van der Waals surface area contributed by atoms with Crippen molar-refractivity contribution in [2.75, 3.05) is 13.1 Å². The summed E-state index contributed by atoms with van der Waals surface area (Å²) in [5, 5.41) is 13.6. The predicted molar refractivity (Wildman–Crippen MR) is 52.6 cm³/mol. The minimum Gasteiger partial charge on any atom is -0.478 e. The molecule has 5 heteroatoms. The van der Waals surface area contributed by atoms with Crippen LogP contribution in [0, 0.1) is 0 Å². The molecule has 78 valence electrons. The molecule has 0 heterocycles. The van der Waals surface area contributed by atoms with E-state index in [0.717, 1.165) is 12.2 Å². The number of carbonyl (C=O) groups is 2. The molecule has 3 N–H and O–H groups in total. The number of amides is 1. The van der Waals surface area contributed by atoms with Crippen LogP contribution in [-0.2, 0) is 9.59 Å². The normalized spacial score (nSPS) is 10.6. The molecule has 0 unspecified atom stereocenters. The van der Waals surface area contributed by atoms with Crippen LogP contribution in [0.2, 0.25) is 0 Å². The first-order valence-electron chi connectivity index (χ1n) is 4.20. The lowest BCUT2D eigenvalue weighted by molar-refractivity contribution is -0.131. The van der Waals surface area contributed by atoms with Gasteiger partial charge in [-0.25, -0.2) is 4.79 Å². The monoisotopic (exact) mass is 198 g/mol. The van der Waals surface area contributed by atoms with E-state index >= 15 is 0 Å². The van der Waals surface area contributed by atoms with E-state index in [1.807, 2.05) is 13.0 Å². The van der Waals surface area contributed by atoms with E-state index in [0.29, 0.717) is 13.1 Å². The first-order chi connectivity index (χ1) is 6.66. The summed E-state index contributed by atoms with van der Waals surface area (Å²) in [6.07, 6.45) is 5.39. The van der Waals surface area contributed by atoms with Gasteiger partial charge in [0.15, 0.2) is 0 Å². The van der Waals surface area contributed by atoms with Gasteiger partial charge < -0.3 is 15.7 Å². The molecule has 0 rings (SSSR count). The van der Waals surface area contributed by atoms with Crippen LogP contribution in [0.25, 0.3) is 0 Å². The van der Waals surface area contributed by atoms with Gasteiger partial charge in [-0.05, 0) is 13.1 Å². The van der Waals surface area contributed by atoms with Crippen molar-refractivity contribution in [2.45, 2.75) is 6.92 Å². The fraction of sp³-hybridized carbons (Fsp3) is 0.333. The number of carbonyl (C=O) groups excluding carboxylic acids is 1. The molecule has 0 fully saturated rings. The predicted octanol–water partition coefficient (Wildman–Crippen LogP) is -0.133. The number of allylic oxidation sites excluding steroid dienone is 1. The van der Waals surface area contributed by atoms with Crippen molar-refractivity contribution in [3.8, 4) is 0 Å². The molecular weight excluding hydrogens is 184 g/mol. The zero-order valence-electron chi connectivity index (χ0n) is 7.99. The van der Waals surface area contributed by atoms with Gasteiger partial charge in [-0.15, -0.1) is 0 Å². The molecule has 0 bridgehead atoms. The molecule has 1 amide bonds. The highest BCUT2D eigenvalue weighted by Gasteiger charge is 1.94. The summed E-state index contributed by atoms with van der Waals surface area (Å²) >= 11 is 0. The van der Waals surface area contributed by atoms with Gasteiger partial charge in [-0.2, -0.15) is 0 Å². The molecule has 0 aliphatic heterocycles. The third kappa shape index (κ3) is 8.32. The summed E-state index contributed by atoms with van der Waals surface area (Å²) in [5.74, 6) is -1.54. The minimum absolute atomic E-state index is 0.408. The molecule has 0 aliphatic carbocycles. The van der Waals surface area contributed by atoms with E-state index in [1.165, 1.54) is 0 Å². The zero-order chi connectivity index (χ0) is 10.8. The first kappa shape index (κ1) is 12.2. The van der Waals surface area contributed by atoms with E-state index in [-0.39, 0.29) is 0 Å². The molecule has 5 nitrogen and oxygen atoms in total. The van der Waals surface area contributed by atoms with Gasteiger partial charge in [0, 0.05) is 25.2 Å². The number of nitrogens with one attached hydrogen (secondary N) is 2. The van der Waals surface area contributed by atoms with Gasteiger partial charge in [0.05, 0.1) is 0 Å². The van der Waals surface area contributed by atoms with Gasteiger partial charge in [0.1, 0.15) is 0 Å². The maximum absolute atomic E-state index is 10.9. The van der Waals surface area contributed by atoms with E-state index in [2.05, 4.69) is 10.6 Å². The van der Waals surface area contributed by atoms with Crippen LogP contribution in [0.1, 0.15) is 6.92 Å². The summed E-state index contributed by atoms with van der Waals surface area (Å²) in [6, 6.07) is 0. The number of carboxylic acids is 1. The Morgan fingerprint density at radius 3 is 2.57 bits per heavy atom. The van der Waals surface area contributed by atoms with Gasteiger partial charge in [-0.3, -0.25) is 4.79 Å². The van der Waals surface area contributed by atoms with E-state index < -0.39 is 11.9 Å². The lowest BCUT2D eigenvalue weighted by Crippen LogP contribution is -2.28. The highest BCUT2D eigenvalue weighted by Crippen LogP contribution is 1.73. The molecule has 0 radical (unpaired) electrons. The van der Waals surface area contributed by atoms with Crippen LogP contribution in [-0.4, -0.2) is 30.1 Å². The molecule has 0 aliphatic rings. The Morgan fingerprint density at radius 2 is 2.00 bits per heavy atom. The highest BCUT2D eigenvalue weighted by atomic mass is 16.4. The summed E-state index contributed by atoms with van der Waals surface area (Å²) in [5.41, 5.74) is 0. The second-order valence-electron chi connectivity index (χ2n) is 2.42. The number of rotatable bonds is 6. The van der Waals surface area contributed by atoms with Crippen LogP contribution >= 0.6 is 0 Å². The van der Waals surface area contributed by atoms with Crippen LogP contribution < -0.4 is 10.6 Å². The molecule has 0 atom stereocenters. The van der Waals surface area contributed by atoms with Gasteiger partial charge in [0.2, 0.25) is 5.91 Å². The van der Waals surface area contributed by atoms with Crippen molar-refractivity contribution in [3.63, 3.8) is 0 Å². The lowest BCUT2D eigenvalue weighted by atomic mass is 10.4. The minimum atomic E-state index is -1.13. The summed E-state index contributed by atoms with van der Waals surface area (Å²) in [6.45, 7) is 2.94. The Bertz CT molecular complexity index is 246. The maximum atomic E-state index is 10.9. The molecule has 14 heavy (non-hydrogen) atoms. The van der Waals surface area contributed by atoms with Crippen LogP contribution in [0.4, 0.5) is 0 Å². The Morgan fingerprint density at radius 1 is 1.29 bits per heavy atom. The fourth-order valence-electron chi connectivity index (χ4n) is 0.665. The molecular formula is C9H14N2O3. The molecule has 0 saturated carbocycles. The average molecular weight is 198 g/mol. The van der Waals surface area contributed by atoms with Crippen molar-refractivity contribution in [2.24, 2.45) is 0 Å². The number of aliphatic carboxylic acids is 1. The summed E-state index contributed by atoms with van der Waals surface area (Å²) in [4.78, 5) is 20.9. The summed E-state index contributed by atoms with van der Waals surface area (Å²) in [7, 11) is 0. The molecule has 0 saturated heterocycles. The van der Waals surface area contributed by atoms with Crippen molar-refractivity contribution in [1.82, 2.24) is 10.6 Å². The Labute approximate surface area is 82.5 Å². The number of carboxylic acid groups (broad SMARTS) is 1. The van der Waals surface area contributed by atoms with E-state index in [9.17, 15) is 9.59 Å². The van der Waals surface area contributed by atoms with Crippen LogP contribution in [0.15, 0.2) is 24.4 Å².